The number of amides is 3. The van der Waals surface area contributed by atoms with E-state index < -0.39 is 17.2 Å². The van der Waals surface area contributed by atoms with Crippen molar-refractivity contribution in [1.82, 2.24) is 20.2 Å². The zero-order valence-corrected chi connectivity index (χ0v) is 18.9. The van der Waals surface area contributed by atoms with Crippen molar-refractivity contribution in [1.29, 1.82) is 0 Å². The van der Waals surface area contributed by atoms with Gasteiger partial charge in [0.05, 0.1) is 6.54 Å². The first kappa shape index (κ1) is 23.2. The molecule has 2 aromatic heterocycles. The quantitative estimate of drug-likeness (QED) is 0.339. The van der Waals surface area contributed by atoms with Gasteiger partial charge < -0.3 is 20.9 Å². The summed E-state index contributed by atoms with van der Waals surface area (Å²) >= 11 is 1.40. The second-order valence-corrected chi connectivity index (χ2v) is 8.86. The van der Waals surface area contributed by atoms with E-state index in [4.69, 9.17) is 0 Å². The summed E-state index contributed by atoms with van der Waals surface area (Å²) < 4.78 is 0.971. The summed E-state index contributed by atoms with van der Waals surface area (Å²) in [5.74, 6) is -0.894. The molecule has 0 aliphatic heterocycles. The molecule has 1 aliphatic rings. The molecule has 34 heavy (non-hydrogen) atoms. The van der Waals surface area contributed by atoms with E-state index in [1.807, 2.05) is 11.4 Å². The van der Waals surface area contributed by atoms with Gasteiger partial charge >= 0.3 is 5.69 Å². The molecule has 0 unspecified atom stereocenters. The number of aromatic amines is 1. The fourth-order valence-corrected chi connectivity index (χ4v) is 3.91. The standard InChI is InChI=1S/C23H23N5O5S/c29-19(14-5-7-16(8-6-14)27-20(30)15-3-4-15)24-9-10-25-21(31)18-12-26-23(33)28(22(18)32)13-17-2-1-11-34-17/h1-2,5-8,11-12,15H,3-4,9-10,13H2,(H,24,29)(H,25,31)(H,26,33)(H,27,30). The molecule has 1 aromatic carbocycles. The lowest BCUT2D eigenvalue weighted by molar-refractivity contribution is -0.117. The number of aromatic nitrogens is 2. The topological polar surface area (TPSA) is 142 Å². The normalized spacial score (nSPS) is 12.7. The number of thiophene rings is 1. The summed E-state index contributed by atoms with van der Waals surface area (Å²) in [6.07, 6.45) is 2.92. The first-order valence-corrected chi connectivity index (χ1v) is 11.6. The molecule has 11 heteroatoms. The largest absolute Gasteiger partial charge is 0.350 e. The molecule has 1 fully saturated rings. The summed E-state index contributed by atoms with van der Waals surface area (Å²) in [7, 11) is 0. The average Bonchev–Trinajstić information content (AvgIpc) is 3.56. The van der Waals surface area contributed by atoms with Crippen LogP contribution < -0.4 is 27.2 Å². The smallest absolute Gasteiger partial charge is 0.328 e. The Kier molecular flexibility index (Phi) is 7.02. The highest BCUT2D eigenvalue weighted by atomic mass is 32.1. The van der Waals surface area contributed by atoms with E-state index in [1.54, 1.807) is 30.3 Å². The predicted molar refractivity (Wildman–Crippen MR) is 127 cm³/mol. The third-order valence-electron chi connectivity index (χ3n) is 5.26. The van der Waals surface area contributed by atoms with E-state index in [-0.39, 0.29) is 42.9 Å². The molecule has 10 nitrogen and oxygen atoms in total. The number of hydrogen-bond donors (Lipinski definition) is 4. The van der Waals surface area contributed by atoms with Gasteiger partial charge in [0.1, 0.15) is 5.56 Å². The number of benzene rings is 1. The Morgan fingerprint density at radius 1 is 1.00 bits per heavy atom. The zero-order chi connectivity index (χ0) is 24.1. The summed E-state index contributed by atoms with van der Waals surface area (Å²) in [5.41, 5.74) is -0.432. The Morgan fingerprint density at radius 3 is 2.35 bits per heavy atom. The molecule has 0 saturated heterocycles. The van der Waals surface area contributed by atoms with E-state index >= 15 is 0 Å². The van der Waals surface area contributed by atoms with Crippen LogP contribution in [0.1, 0.15) is 38.4 Å². The van der Waals surface area contributed by atoms with Crippen LogP contribution in [0.4, 0.5) is 5.69 Å². The molecular weight excluding hydrogens is 458 g/mol. The summed E-state index contributed by atoms with van der Waals surface area (Å²) in [6, 6.07) is 10.1. The van der Waals surface area contributed by atoms with E-state index in [1.165, 1.54) is 11.3 Å². The molecule has 0 radical (unpaired) electrons. The van der Waals surface area contributed by atoms with Gasteiger partial charge in [-0.25, -0.2) is 4.79 Å². The van der Waals surface area contributed by atoms with Crippen LogP contribution in [0, 0.1) is 5.92 Å². The van der Waals surface area contributed by atoms with Gasteiger partial charge in [-0.1, -0.05) is 6.07 Å². The van der Waals surface area contributed by atoms with Gasteiger partial charge in [-0.3, -0.25) is 23.7 Å². The Balaban J connectivity index is 1.27. The van der Waals surface area contributed by atoms with Crippen molar-refractivity contribution in [3.63, 3.8) is 0 Å². The first-order chi connectivity index (χ1) is 16.4. The van der Waals surface area contributed by atoms with Crippen molar-refractivity contribution in [3.05, 3.63) is 84.8 Å². The lowest BCUT2D eigenvalue weighted by Crippen LogP contribution is -2.42. The molecule has 4 N–H and O–H groups in total. The second kappa shape index (κ2) is 10.3. The van der Waals surface area contributed by atoms with Crippen molar-refractivity contribution in [3.8, 4) is 0 Å². The van der Waals surface area contributed by atoms with Gasteiger partial charge in [0.25, 0.3) is 17.4 Å². The monoisotopic (exact) mass is 481 g/mol. The maximum absolute atomic E-state index is 12.6. The third kappa shape index (κ3) is 5.67. The molecule has 4 rings (SSSR count). The number of carbonyl (C=O) groups is 3. The van der Waals surface area contributed by atoms with Crippen LogP contribution in [0.25, 0.3) is 0 Å². The van der Waals surface area contributed by atoms with E-state index in [9.17, 15) is 24.0 Å². The molecule has 176 valence electrons. The van der Waals surface area contributed by atoms with E-state index in [0.29, 0.717) is 11.3 Å². The van der Waals surface area contributed by atoms with Gasteiger partial charge in [-0.15, -0.1) is 11.3 Å². The zero-order valence-electron chi connectivity index (χ0n) is 18.1. The highest BCUT2D eigenvalue weighted by Crippen LogP contribution is 2.30. The molecule has 0 atom stereocenters. The molecular formula is C23H23N5O5S. The fraction of sp³-hybridized carbons (Fsp3) is 0.261. The SMILES string of the molecule is O=C(NCCNC(=O)c1c[nH]c(=O)n(Cc2cccs2)c1=O)c1ccc(NC(=O)C2CC2)cc1. The highest BCUT2D eigenvalue weighted by molar-refractivity contribution is 7.09. The summed E-state index contributed by atoms with van der Waals surface area (Å²) in [4.78, 5) is 64.4. The molecule has 3 amide bonds. The minimum atomic E-state index is -0.687. The third-order valence-corrected chi connectivity index (χ3v) is 6.12. The maximum Gasteiger partial charge on any atom is 0.328 e. The maximum atomic E-state index is 12.6. The number of anilines is 1. The van der Waals surface area contributed by atoms with Crippen molar-refractivity contribution >= 4 is 34.7 Å². The second-order valence-electron chi connectivity index (χ2n) is 7.83. The highest BCUT2D eigenvalue weighted by Gasteiger charge is 2.29. The van der Waals surface area contributed by atoms with Crippen LogP contribution in [0.5, 0.6) is 0 Å². The molecule has 1 saturated carbocycles. The van der Waals surface area contributed by atoms with Crippen molar-refractivity contribution in [2.24, 2.45) is 5.92 Å². The lowest BCUT2D eigenvalue weighted by atomic mass is 10.2. The van der Waals surface area contributed by atoms with Gasteiger partial charge in [0, 0.05) is 41.3 Å². The summed E-state index contributed by atoms with van der Waals surface area (Å²) in [5, 5.41) is 9.89. The molecule has 2 heterocycles. The predicted octanol–water partition coefficient (Wildman–Crippen LogP) is 1.15. The Morgan fingerprint density at radius 2 is 1.71 bits per heavy atom. The van der Waals surface area contributed by atoms with Gasteiger partial charge in [-0.2, -0.15) is 0 Å². The number of nitrogens with one attached hydrogen (secondary N) is 4. The number of hydrogen-bond acceptors (Lipinski definition) is 6. The Labute approximate surface area is 198 Å². The van der Waals surface area contributed by atoms with Crippen LogP contribution in [-0.2, 0) is 11.3 Å². The average molecular weight is 482 g/mol. The molecule has 0 bridgehead atoms. The van der Waals surface area contributed by atoms with E-state index in [0.717, 1.165) is 28.5 Å². The van der Waals surface area contributed by atoms with Crippen molar-refractivity contribution in [2.75, 3.05) is 18.4 Å². The number of H-pyrrole nitrogens is 1. The Bertz CT molecular complexity index is 1310. The summed E-state index contributed by atoms with van der Waals surface area (Å²) in [6.45, 7) is 0.299. The minimum Gasteiger partial charge on any atom is -0.350 e. The van der Waals surface area contributed by atoms with Crippen molar-refractivity contribution < 1.29 is 14.4 Å². The van der Waals surface area contributed by atoms with Crippen LogP contribution in [0.3, 0.4) is 0 Å². The van der Waals surface area contributed by atoms with Crippen LogP contribution in [-0.4, -0.2) is 40.4 Å². The molecule has 3 aromatic rings. The van der Waals surface area contributed by atoms with Crippen LogP contribution in [0.15, 0.2) is 57.6 Å². The Hall–Kier alpha value is -3.99. The van der Waals surface area contributed by atoms with Gasteiger partial charge in [-0.05, 0) is 48.6 Å². The molecule has 1 aliphatic carbocycles. The first-order valence-electron chi connectivity index (χ1n) is 10.7. The van der Waals surface area contributed by atoms with E-state index in [2.05, 4.69) is 20.9 Å². The minimum absolute atomic E-state index is 0.00582. The lowest BCUT2D eigenvalue weighted by Gasteiger charge is -2.09. The fourth-order valence-electron chi connectivity index (χ4n) is 3.22. The van der Waals surface area contributed by atoms with Gasteiger partial charge in [0.15, 0.2) is 0 Å². The van der Waals surface area contributed by atoms with Crippen LogP contribution >= 0.6 is 11.3 Å². The number of carbonyl (C=O) groups excluding carboxylic acids is 3. The van der Waals surface area contributed by atoms with Crippen LogP contribution in [0.2, 0.25) is 0 Å². The molecule has 0 spiro atoms. The van der Waals surface area contributed by atoms with Gasteiger partial charge in [0.2, 0.25) is 5.91 Å². The number of rotatable bonds is 9. The van der Waals surface area contributed by atoms with Crippen molar-refractivity contribution in [2.45, 2.75) is 19.4 Å². The number of nitrogens with zero attached hydrogens (tertiary/aromatic N) is 1.